The van der Waals surface area contributed by atoms with Crippen molar-refractivity contribution in [3.8, 4) is 0 Å². The van der Waals surface area contributed by atoms with Gasteiger partial charge in [0.05, 0.1) is 18.8 Å². The molecule has 0 fully saturated rings. The molecule has 2 aromatic rings. The van der Waals surface area contributed by atoms with Crippen LogP contribution in [0.15, 0.2) is 30.5 Å². The number of hydrogen-bond acceptors (Lipinski definition) is 5. The molecule has 0 aliphatic heterocycles. The Hall–Kier alpha value is -2.71. The zero-order valence-electron chi connectivity index (χ0n) is 18.2. The molecule has 2 rings (SSSR count). The van der Waals surface area contributed by atoms with Gasteiger partial charge in [-0.05, 0) is 19.9 Å². The summed E-state index contributed by atoms with van der Waals surface area (Å²) in [6, 6.07) is 7.30. The summed E-state index contributed by atoms with van der Waals surface area (Å²) >= 11 is 0. The molecule has 0 aliphatic rings. The summed E-state index contributed by atoms with van der Waals surface area (Å²) in [5.41, 5.74) is 1.04. The number of hydrogen-bond donors (Lipinski definition) is 0. The molecule has 0 spiro atoms. The molecule has 0 unspecified atom stereocenters. The van der Waals surface area contributed by atoms with Crippen molar-refractivity contribution in [2.75, 3.05) is 53.6 Å². The minimum atomic E-state index is -0.609. The van der Waals surface area contributed by atoms with Crippen molar-refractivity contribution in [2.24, 2.45) is 0 Å². The molecule has 1 aromatic heterocycles. The van der Waals surface area contributed by atoms with Crippen LogP contribution >= 0.6 is 0 Å². The lowest BCUT2D eigenvalue weighted by Crippen LogP contribution is -2.40. The standard InChI is InChI=1S/C22H31N3O5/c1-5-23(6-2)20(26)16-25-15-18(17-9-7-8-10-19(17)25)21(27)22(28)24(11-13-29-3)12-14-30-4/h7-10,15H,5-6,11-14,16H2,1-4H3. The van der Waals surface area contributed by atoms with Gasteiger partial charge in [0.25, 0.3) is 11.7 Å². The van der Waals surface area contributed by atoms with E-state index in [1.54, 1.807) is 35.9 Å². The molecule has 0 atom stereocenters. The van der Waals surface area contributed by atoms with Crippen LogP contribution in [-0.4, -0.2) is 85.6 Å². The molecule has 1 heterocycles. The van der Waals surface area contributed by atoms with Gasteiger partial charge in [-0.1, -0.05) is 18.2 Å². The van der Waals surface area contributed by atoms with Crippen molar-refractivity contribution < 1.29 is 23.9 Å². The Balaban J connectivity index is 2.35. The molecule has 8 heteroatoms. The number of aromatic nitrogens is 1. The maximum Gasteiger partial charge on any atom is 0.295 e. The fourth-order valence-electron chi connectivity index (χ4n) is 3.36. The van der Waals surface area contributed by atoms with Crippen LogP contribution in [0, 0.1) is 0 Å². The van der Waals surface area contributed by atoms with Crippen LogP contribution in [0.2, 0.25) is 0 Å². The number of likely N-dealkylation sites (N-methyl/N-ethyl adjacent to an activating group) is 1. The summed E-state index contributed by atoms with van der Waals surface area (Å²) in [5.74, 6) is -1.25. The number of para-hydroxylation sites is 1. The Morgan fingerprint density at radius 1 is 0.933 bits per heavy atom. The van der Waals surface area contributed by atoms with Gasteiger partial charge >= 0.3 is 0 Å². The van der Waals surface area contributed by atoms with Crippen LogP contribution in [0.3, 0.4) is 0 Å². The van der Waals surface area contributed by atoms with E-state index < -0.39 is 11.7 Å². The van der Waals surface area contributed by atoms with Gasteiger partial charge < -0.3 is 23.8 Å². The highest BCUT2D eigenvalue weighted by Crippen LogP contribution is 2.23. The minimum absolute atomic E-state index is 0.0344. The quantitative estimate of drug-likeness (QED) is 0.389. The van der Waals surface area contributed by atoms with Crippen LogP contribution in [0.4, 0.5) is 0 Å². The van der Waals surface area contributed by atoms with Gasteiger partial charge in [0.2, 0.25) is 5.91 Å². The van der Waals surface area contributed by atoms with Crippen LogP contribution < -0.4 is 0 Å². The molecule has 164 valence electrons. The molecule has 2 amide bonds. The van der Waals surface area contributed by atoms with Gasteiger partial charge in [-0.2, -0.15) is 0 Å². The molecule has 1 aromatic carbocycles. The normalized spacial score (nSPS) is 10.9. The Kier molecular flexibility index (Phi) is 9.01. The zero-order valence-corrected chi connectivity index (χ0v) is 18.2. The Bertz CT molecular complexity index is 865. The number of amides is 2. The summed E-state index contributed by atoms with van der Waals surface area (Å²) < 4.78 is 11.9. The second-order valence-electron chi connectivity index (χ2n) is 6.86. The third-order valence-electron chi connectivity index (χ3n) is 5.07. The first-order valence-electron chi connectivity index (χ1n) is 10.2. The second-order valence-corrected chi connectivity index (χ2v) is 6.86. The number of benzene rings is 1. The molecule has 0 bridgehead atoms. The lowest BCUT2D eigenvalue weighted by atomic mass is 10.1. The number of rotatable bonds is 12. The molecular formula is C22H31N3O5. The van der Waals surface area contributed by atoms with E-state index in [4.69, 9.17) is 9.47 Å². The van der Waals surface area contributed by atoms with E-state index in [0.29, 0.717) is 50.3 Å². The van der Waals surface area contributed by atoms with Gasteiger partial charge in [0.15, 0.2) is 0 Å². The van der Waals surface area contributed by atoms with Crippen LogP contribution in [0.5, 0.6) is 0 Å². The van der Waals surface area contributed by atoms with E-state index in [1.807, 2.05) is 32.0 Å². The maximum absolute atomic E-state index is 13.1. The smallest absolute Gasteiger partial charge is 0.295 e. The van der Waals surface area contributed by atoms with E-state index in [2.05, 4.69) is 0 Å². The first kappa shape index (κ1) is 23.6. The summed E-state index contributed by atoms with van der Waals surface area (Å²) in [6.45, 7) is 6.44. The summed E-state index contributed by atoms with van der Waals surface area (Å²) in [5, 5.41) is 0.654. The van der Waals surface area contributed by atoms with E-state index in [-0.39, 0.29) is 12.5 Å². The Morgan fingerprint density at radius 2 is 1.53 bits per heavy atom. The number of methoxy groups -OCH3 is 2. The average Bonchev–Trinajstić information content (AvgIpc) is 3.12. The SMILES string of the molecule is CCN(CC)C(=O)Cn1cc(C(=O)C(=O)N(CCOC)CCOC)c2ccccc21. The van der Waals surface area contributed by atoms with E-state index >= 15 is 0 Å². The highest BCUT2D eigenvalue weighted by Gasteiger charge is 2.26. The fourth-order valence-corrected chi connectivity index (χ4v) is 3.36. The number of ether oxygens (including phenoxy) is 2. The fraction of sp³-hybridized carbons (Fsp3) is 0.500. The molecule has 0 saturated heterocycles. The zero-order chi connectivity index (χ0) is 22.1. The highest BCUT2D eigenvalue weighted by molar-refractivity contribution is 6.44. The van der Waals surface area contributed by atoms with Crippen molar-refractivity contribution in [3.05, 3.63) is 36.0 Å². The highest BCUT2D eigenvalue weighted by atomic mass is 16.5. The number of fused-ring (bicyclic) bond motifs is 1. The molecule has 0 aliphatic carbocycles. The maximum atomic E-state index is 13.1. The van der Waals surface area contributed by atoms with Gasteiger partial charge in [-0.3, -0.25) is 14.4 Å². The number of Topliss-reactive ketones (excluding diaryl/α,β-unsaturated/α-hetero) is 1. The van der Waals surface area contributed by atoms with Gasteiger partial charge in [-0.25, -0.2) is 0 Å². The molecule has 8 nitrogen and oxygen atoms in total. The third-order valence-corrected chi connectivity index (χ3v) is 5.07. The lowest BCUT2D eigenvalue weighted by molar-refractivity contribution is -0.131. The van der Waals surface area contributed by atoms with Crippen LogP contribution in [0.1, 0.15) is 24.2 Å². The minimum Gasteiger partial charge on any atom is -0.383 e. The van der Waals surface area contributed by atoms with Crippen molar-refractivity contribution in [2.45, 2.75) is 20.4 Å². The van der Waals surface area contributed by atoms with Gasteiger partial charge in [0.1, 0.15) is 6.54 Å². The Labute approximate surface area is 177 Å². The number of ketones is 1. The molecular weight excluding hydrogens is 386 g/mol. The van der Waals surface area contributed by atoms with Crippen molar-refractivity contribution in [3.63, 3.8) is 0 Å². The molecule has 0 saturated carbocycles. The summed E-state index contributed by atoms with van der Waals surface area (Å²) in [7, 11) is 3.09. The number of nitrogens with zero attached hydrogens (tertiary/aromatic N) is 3. The van der Waals surface area contributed by atoms with Crippen molar-refractivity contribution in [1.82, 2.24) is 14.4 Å². The second kappa shape index (κ2) is 11.5. The number of carbonyl (C=O) groups is 3. The predicted molar refractivity (Wildman–Crippen MR) is 115 cm³/mol. The predicted octanol–water partition coefficient (Wildman–Crippen LogP) is 1.81. The van der Waals surface area contributed by atoms with Crippen molar-refractivity contribution >= 4 is 28.5 Å². The average molecular weight is 418 g/mol. The molecule has 0 radical (unpaired) electrons. The van der Waals surface area contributed by atoms with Crippen LogP contribution in [0.25, 0.3) is 10.9 Å². The van der Waals surface area contributed by atoms with Crippen LogP contribution in [-0.2, 0) is 25.6 Å². The van der Waals surface area contributed by atoms with E-state index in [0.717, 1.165) is 5.52 Å². The van der Waals surface area contributed by atoms with E-state index in [9.17, 15) is 14.4 Å². The monoisotopic (exact) mass is 417 g/mol. The third kappa shape index (κ3) is 5.46. The van der Waals surface area contributed by atoms with Gasteiger partial charge in [0, 0.05) is 57.5 Å². The van der Waals surface area contributed by atoms with Crippen molar-refractivity contribution in [1.29, 1.82) is 0 Å². The largest absolute Gasteiger partial charge is 0.383 e. The number of carbonyl (C=O) groups excluding carboxylic acids is 3. The lowest BCUT2D eigenvalue weighted by Gasteiger charge is -2.21. The summed E-state index contributed by atoms with van der Waals surface area (Å²) in [4.78, 5) is 41.8. The topological polar surface area (TPSA) is 81.1 Å². The van der Waals surface area contributed by atoms with E-state index in [1.165, 1.54) is 4.90 Å². The molecule has 0 N–H and O–H groups in total. The molecule has 30 heavy (non-hydrogen) atoms. The van der Waals surface area contributed by atoms with Gasteiger partial charge in [-0.15, -0.1) is 0 Å². The Morgan fingerprint density at radius 3 is 2.10 bits per heavy atom. The first-order chi connectivity index (χ1) is 14.5. The summed E-state index contributed by atoms with van der Waals surface area (Å²) in [6.07, 6.45) is 1.61. The first-order valence-corrected chi connectivity index (χ1v) is 10.2.